The molecule has 4 rings (SSSR count). The zero-order valence-electron chi connectivity index (χ0n) is 12.2. The minimum atomic E-state index is 0.0116. The summed E-state index contributed by atoms with van der Waals surface area (Å²) in [6.07, 6.45) is 6.94. The van der Waals surface area contributed by atoms with Crippen LogP contribution in [-0.2, 0) is 6.54 Å². The van der Waals surface area contributed by atoms with Gasteiger partial charge < -0.3 is 4.98 Å². The second-order valence-corrected chi connectivity index (χ2v) is 7.39. The number of aromatic amines is 1. The molecular formula is C16H21N3OS. The second-order valence-electron chi connectivity index (χ2n) is 6.48. The maximum Gasteiger partial charge on any atom is 0.268 e. The molecule has 21 heavy (non-hydrogen) atoms. The summed E-state index contributed by atoms with van der Waals surface area (Å²) in [4.78, 5) is 22.1. The fraction of sp³-hybridized carbons (Fsp3) is 0.625. The van der Waals surface area contributed by atoms with Crippen molar-refractivity contribution in [1.29, 1.82) is 0 Å². The smallest absolute Gasteiger partial charge is 0.268 e. The lowest BCUT2D eigenvalue weighted by Crippen LogP contribution is -2.41. The fourth-order valence-corrected chi connectivity index (χ4v) is 4.75. The molecule has 112 valence electrons. The van der Waals surface area contributed by atoms with Gasteiger partial charge in [0, 0.05) is 6.54 Å². The minimum Gasteiger partial charge on any atom is -0.308 e. The normalized spacial score (nSPS) is 26.9. The monoisotopic (exact) mass is 303 g/mol. The Labute approximate surface area is 128 Å². The van der Waals surface area contributed by atoms with Gasteiger partial charge in [0.15, 0.2) is 0 Å². The number of thiophene rings is 1. The van der Waals surface area contributed by atoms with Gasteiger partial charge in [-0.15, -0.1) is 11.3 Å². The average Bonchev–Trinajstić information content (AvgIpc) is 2.96. The van der Waals surface area contributed by atoms with Crippen LogP contribution in [0, 0.1) is 11.8 Å². The van der Waals surface area contributed by atoms with Crippen LogP contribution in [0.2, 0.25) is 0 Å². The van der Waals surface area contributed by atoms with E-state index in [-0.39, 0.29) is 5.56 Å². The summed E-state index contributed by atoms with van der Waals surface area (Å²) >= 11 is 1.46. The van der Waals surface area contributed by atoms with E-state index in [1.165, 1.54) is 50.0 Å². The van der Waals surface area contributed by atoms with Crippen molar-refractivity contribution in [2.24, 2.45) is 11.8 Å². The molecule has 0 bridgehead atoms. The minimum absolute atomic E-state index is 0.0116. The van der Waals surface area contributed by atoms with Crippen LogP contribution in [0.4, 0.5) is 0 Å². The third-order valence-electron chi connectivity index (χ3n) is 5.11. The van der Waals surface area contributed by atoms with Crippen LogP contribution in [0.5, 0.6) is 0 Å². The van der Waals surface area contributed by atoms with E-state index in [1.54, 1.807) is 0 Å². The molecule has 0 spiro atoms. The maximum absolute atomic E-state index is 12.0. The first kappa shape index (κ1) is 13.5. The van der Waals surface area contributed by atoms with Gasteiger partial charge >= 0.3 is 0 Å². The molecule has 2 atom stereocenters. The van der Waals surface area contributed by atoms with Crippen LogP contribution >= 0.6 is 11.3 Å². The largest absolute Gasteiger partial charge is 0.308 e. The molecule has 2 aromatic heterocycles. The second kappa shape index (κ2) is 5.54. The van der Waals surface area contributed by atoms with E-state index in [1.807, 2.05) is 11.4 Å². The third-order valence-corrected chi connectivity index (χ3v) is 6.02. The van der Waals surface area contributed by atoms with Gasteiger partial charge in [-0.25, -0.2) is 4.98 Å². The van der Waals surface area contributed by atoms with Gasteiger partial charge in [-0.2, -0.15) is 0 Å². The zero-order valence-corrected chi connectivity index (χ0v) is 13.0. The molecule has 0 aromatic carbocycles. The van der Waals surface area contributed by atoms with Gasteiger partial charge in [-0.3, -0.25) is 9.69 Å². The number of likely N-dealkylation sites (tertiary alicyclic amines) is 1. The van der Waals surface area contributed by atoms with E-state index in [9.17, 15) is 4.79 Å². The number of piperidine rings is 1. The standard InChI is InChI=1S/C16H21N3OS/c20-16-15-13(6-8-21-15)17-14(18-16)10-19-7-5-11-3-1-2-4-12(11)9-19/h6,8,11-12H,1-5,7,9-10H2,(H,17,18,20). The summed E-state index contributed by atoms with van der Waals surface area (Å²) in [6.45, 7) is 3.10. The first-order valence-corrected chi connectivity index (χ1v) is 8.86. The summed E-state index contributed by atoms with van der Waals surface area (Å²) in [6, 6.07) is 1.94. The van der Waals surface area contributed by atoms with Gasteiger partial charge in [0.05, 0.1) is 12.1 Å². The van der Waals surface area contributed by atoms with E-state index in [2.05, 4.69) is 14.9 Å². The molecular weight excluding hydrogens is 282 g/mol. The summed E-state index contributed by atoms with van der Waals surface area (Å²) in [5.74, 6) is 2.63. The molecule has 2 unspecified atom stereocenters. The molecule has 3 heterocycles. The molecule has 0 radical (unpaired) electrons. The van der Waals surface area contributed by atoms with Crippen molar-refractivity contribution >= 4 is 21.6 Å². The van der Waals surface area contributed by atoms with Gasteiger partial charge in [0.25, 0.3) is 5.56 Å². The van der Waals surface area contributed by atoms with Gasteiger partial charge in [-0.1, -0.05) is 19.3 Å². The highest BCUT2D eigenvalue weighted by Crippen LogP contribution is 2.36. The van der Waals surface area contributed by atoms with E-state index >= 15 is 0 Å². The topological polar surface area (TPSA) is 49.0 Å². The van der Waals surface area contributed by atoms with Gasteiger partial charge in [-0.05, 0) is 42.7 Å². The predicted octanol–water partition coefficient (Wildman–Crippen LogP) is 3.00. The van der Waals surface area contributed by atoms with Crippen LogP contribution < -0.4 is 5.56 Å². The Hall–Kier alpha value is -1.20. The number of nitrogens with zero attached hydrogens (tertiary/aromatic N) is 2. The first-order valence-electron chi connectivity index (χ1n) is 7.98. The van der Waals surface area contributed by atoms with Crippen LogP contribution in [0.25, 0.3) is 10.2 Å². The molecule has 2 aromatic rings. The van der Waals surface area contributed by atoms with Crippen molar-refractivity contribution in [1.82, 2.24) is 14.9 Å². The number of hydrogen-bond acceptors (Lipinski definition) is 4. The molecule has 5 heteroatoms. The summed E-state index contributed by atoms with van der Waals surface area (Å²) in [5.41, 5.74) is 0.851. The lowest BCUT2D eigenvalue weighted by atomic mass is 9.75. The van der Waals surface area contributed by atoms with Crippen LogP contribution in [0.15, 0.2) is 16.2 Å². The van der Waals surface area contributed by atoms with Crippen LogP contribution in [0.1, 0.15) is 37.9 Å². The van der Waals surface area contributed by atoms with E-state index in [0.717, 1.165) is 41.0 Å². The Morgan fingerprint density at radius 1 is 1.29 bits per heavy atom. The molecule has 1 aliphatic heterocycles. The lowest BCUT2D eigenvalue weighted by Gasteiger charge is -2.41. The Morgan fingerprint density at radius 2 is 2.14 bits per heavy atom. The SMILES string of the molecule is O=c1[nH]c(CN2CCC3CCCCC3C2)nc2ccsc12. The molecule has 1 saturated carbocycles. The Balaban J connectivity index is 1.50. The number of nitrogens with one attached hydrogen (secondary N) is 1. The fourth-order valence-electron chi connectivity index (χ4n) is 4.03. The molecule has 2 aliphatic rings. The molecule has 4 nitrogen and oxygen atoms in total. The molecule has 1 N–H and O–H groups in total. The van der Waals surface area contributed by atoms with Crippen molar-refractivity contribution in [2.75, 3.05) is 13.1 Å². The van der Waals surface area contributed by atoms with E-state index in [0.29, 0.717) is 0 Å². The van der Waals surface area contributed by atoms with E-state index in [4.69, 9.17) is 0 Å². The maximum atomic E-state index is 12.0. The molecule has 2 fully saturated rings. The van der Waals surface area contributed by atoms with Crippen molar-refractivity contribution < 1.29 is 0 Å². The summed E-state index contributed by atoms with van der Waals surface area (Å²) in [7, 11) is 0. The predicted molar refractivity (Wildman–Crippen MR) is 85.6 cm³/mol. The van der Waals surface area contributed by atoms with Crippen molar-refractivity contribution in [2.45, 2.75) is 38.6 Å². The number of H-pyrrole nitrogens is 1. The Morgan fingerprint density at radius 3 is 3.05 bits per heavy atom. The Bertz CT molecular complexity index is 692. The van der Waals surface area contributed by atoms with Gasteiger partial charge in [0.2, 0.25) is 0 Å². The van der Waals surface area contributed by atoms with Crippen molar-refractivity contribution in [3.8, 4) is 0 Å². The first-order chi connectivity index (χ1) is 10.3. The number of fused-ring (bicyclic) bond motifs is 2. The highest BCUT2D eigenvalue weighted by molar-refractivity contribution is 7.17. The summed E-state index contributed by atoms with van der Waals surface area (Å²) in [5, 5.41) is 1.93. The highest BCUT2D eigenvalue weighted by Gasteiger charge is 2.31. The van der Waals surface area contributed by atoms with Crippen LogP contribution in [-0.4, -0.2) is 28.0 Å². The average molecular weight is 303 g/mol. The van der Waals surface area contributed by atoms with Gasteiger partial charge in [0.1, 0.15) is 10.5 Å². The molecule has 1 saturated heterocycles. The number of rotatable bonds is 2. The Kier molecular flexibility index (Phi) is 3.55. The van der Waals surface area contributed by atoms with Crippen LogP contribution in [0.3, 0.4) is 0 Å². The highest BCUT2D eigenvalue weighted by atomic mass is 32.1. The zero-order chi connectivity index (χ0) is 14.2. The number of hydrogen-bond donors (Lipinski definition) is 1. The lowest BCUT2D eigenvalue weighted by molar-refractivity contribution is 0.0803. The van der Waals surface area contributed by atoms with Crippen molar-refractivity contribution in [3.63, 3.8) is 0 Å². The molecule has 1 aliphatic carbocycles. The van der Waals surface area contributed by atoms with E-state index < -0.39 is 0 Å². The summed E-state index contributed by atoms with van der Waals surface area (Å²) < 4.78 is 0.740. The quantitative estimate of drug-likeness (QED) is 0.928. The third kappa shape index (κ3) is 2.64. The number of aromatic nitrogens is 2. The van der Waals surface area contributed by atoms with Crippen molar-refractivity contribution in [3.05, 3.63) is 27.6 Å². The molecule has 0 amide bonds.